The molecule has 0 amide bonds. The molecule has 3 rings (SSSR count). The van der Waals surface area contributed by atoms with Crippen LogP contribution in [0, 0.1) is 5.92 Å². The molecular weight excluding hydrogens is 244 g/mol. The minimum atomic E-state index is 0.447. The van der Waals surface area contributed by atoms with Gasteiger partial charge in [-0.05, 0) is 50.5 Å². The van der Waals surface area contributed by atoms with E-state index >= 15 is 0 Å². The van der Waals surface area contributed by atoms with Crippen molar-refractivity contribution in [2.75, 3.05) is 0 Å². The first kappa shape index (κ1) is 13.8. The number of nitrogens with one attached hydrogen (secondary N) is 1. The van der Waals surface area contributed by atoms with E-state index in [2.05, 4.69) is 48.6 Å². The standard InChI is InChI=1S/C18H26N2/c1-13(11-14-5-3-2-4-6-14)17-12-18(17)20-16-9-7-15(19)8-10-16/h2-6,11,15-18,20H,7-10,12,19H2,1H3. The van der Waals surface area contributed by atoms with Gasteiger partial charge in [0, 0.05) is 18.1 Å². The minimum absolute atomic E-state index is 0.447. The molecule has 2 saturated carbocycles. The van der Waals surface area contributed by atoms with E-state index in [4.69, 9.17) is 5.73 Å². The largest absolute Gasteiger partial charge is 0.328 e. The molecule has 0 spiro atoms. The van der Waals surface area contributed by atoms with Crippen LogP contribution in [-0.4, -0.2) is 18.1 Å². The molecule has 2 heteroatoms. The molecule has 0 saturated heterocycles. The zero-order chi connectivity index (χ0) is 13.9. The van der Waals surface area contributed by atoms with Crippen molar-refractivity contribution in [1.29, 1.82) is 0 Å². The van der Waals surface area contributed by atoms with Gasteiger partial charge in [-0.15, -0.1) is 0 Å². The van der Waals surface area contributed by atoms with Crippen LogP contribution in [0.25, 0.3) is 6.08 Å². The van der Waals surface area contributed by atoms with Gasteiger partial charge in [0.1, 0.15) is 0 Å². The van der Waals surface area contributed by atoms with Gasteiger partial charge in [-0.1, -0.05) is 42.0 Å². The second-order valence-corrected chi connectivity index (χ2v) is 6.53. The van der Waals surface area contributed by atoms with Gasteiger partial charge in [0.05, 0.1) is 0 Å². The van der Waals surface area contributed by atoms with E-state index in [9.17, 15) is 0 Å². The summed E-state index contributed by atoms with van der Waals surface area (Å²) in [6.45, 7) is 2.27. The third kappa shape index (κ3) is 3.50. The van der Waals surface area contributed by atoms with Gasteiger partial charge in [0.2, 0.25) is 0 Å². The van der Waals surface area contributed by atoms with E-state index in [1.165, 1.54) is 43.2 Å². The average Bonchev–Trinajstić information content (AvgIpc) is 3.22. The molecule has 2 aliphatic rings. The van der Waals surface area contributed by atoms with Crippen molar-refractivity contribution < 1.29 is 0 Å². The first-order valence-corrected chi connectivity index (χ1v) is 7.97. The van der Waals surface area contributed by atoms with Crippen molar-refractivity contribution in [2.24, 2.45) is 11.7 Å². The normalized spacial score (nSPS) is 34.0. The van der Waals surface area contributed by atoms with Crippen LogP contribution in [0.2, 0.25) is 0 Å². The van der Waals surface area contributed by atoms with Crippen LogP contribution in [0.15, 0.2) is 35.9 Å². The topological polar surface area (TPSA) is 38.0 Å². The molecule has 0 bridgehead atoms. The Labute approximate surface area is 122 Å². The van der Waals surface area contributed by atoms with Gasteiger partial charge in [-0.3, -0.25) is 0 Å². The fourth-order valence-corrected chi connectivity index (χ4v) is 3.39. The zero-order valence-electron chi connectivity index (χ0n) is 12.4. The predicted molar refractivity (Wildman–Crippen MR) is 85.4 cm³/mol. The summed E-state index contributed by atoms with van der Waals surface area (Å²) >= 11 is 0. The molecule has 2 fully saturated rings. The van der Waals surface area contributed by atoms with Crippen molar-refractivity contribution in [1.82, 2.24) is 5.32 Å². The van der Waals surface area contributed by atoms with E-state index in [1.807, 2.05) is 0 Å². The Morgan fingerprint density at radius 3 is 2.55 bits per heavy atom. The molecule has 0 radical (unpaired) electrons. The molecule has 1 aromatic carbocycles. The van der Waals surface area contributed by atoms with Gasteiger partial charge in [-0.2, -0.15) is 0 Å². The van der Waals surface area contributed by atoms with E-state index in [0.717, 1.165) is 5.92 Å². The summed E-state index contributed by atoms with van der Waals surface area (Å²) in [5.41, 5.74) is 8.80. The van der Waals surface area contributed by atoms with Crippen molar-refractivity contribution in [2.45, 2.75) is 57.2 Å². The highest BCUT2D eigenvalue weighted by Crippen LogP contribution is 2.39. The summed E-state index contributed by atoms with van der Waals surface area (Å²) in [5.74, 6) is 0.741. The van der Waals surface area contributed by atoms with E-state index in [0.29, 0.717) is 18.1 Å². The fraction of sp³-hybridized carbons (Fsp3) is 0.556. The maximum Gasteiger partial charge on any atom is 0.0142 e. The van der Waals surface area contributed by atoms with Crippen molar-refractivity contribution in [3.05, 3.63) is 41.5 Å². The zero-order valence-corrected chi connectivity index (χ0v) is 12.4. The summed E-state index contributed by atoms with van der Waals surface area (Å²) in [5, 5.41) is 3.83. The maximum atomic E-state index is 5.97. The molecule has 2 nitrogen and oxygen atoms in total. The predicted octanol–water partition coefficient (Wildman–Crippen LogP) is 3.34. The number of hydrogen-bond acceptors (Lipinski definition) is 2. The van der Waals surface area contributed by atoms with Crippen LogP contribution in [0.3, 0.4) is 0 Å². The Balaban J connectivity index is 1.50. The molecule has 2 unspecified atom stereocenters. The Kier molecular flexibility index (Phi) is 4.23. The Bertz CT molecular complexity index is 458. The first-order valence-electron chi connectivity index (χ1n) is 7.97. The molecule has 2 atom stereocenters. The molecular formula is C18H26N2. The summed E-state index contributed by atoms with van der Waals surface area (Å²) in [7, 11) is 0. The molecule has 2 aliphatic carbocycles. The lowest BCUT2D eigenvalue weighted by Gasteiger charge is -2.27. The van der Waals surface area contributed by atoms with Crippen molar-refractivity contribution in [3.63, 3.8) is 0 Å². The van der Waals surface area contributed by atoms with Crippen LogP contribution >= 0.6 is 0 Å². The van der Waals surface area contributed by atoms with Crippen molar-refractivity contribution in [3.8, 4) is 0 Å². The summed E-state index contributed by atoms with van der Waals surface area (Å²) in [6, 6.07) is 12.5. The highest BCUT2D eigenvalue weighted by Gasteiger charge is 2.39. The van der Waals surface area contributed by atoms with Crippen LogP contribution in [0.5, 0.6) is 0 Å². The summed E-state index contributed by atoms with van der Waals surface area (Å²) in [6.07, 6.45) is 8.53. The van der Waals surface area contributed by atoms with Crippen LogP contribution in [0.1, 0.15) is 44.6 Å². The van der Waals surface area contributed by atoms with Crippen LogP contribution < -0.4 is 11.1 Å². The number of nitrogens with two attached hydrogens (primary N) is 1. The molecule has 0 heterocycles. The summed E-state index contributed by atoms with van der Waals surface area (Å²) < 4.78 is 0. The van der Waals surface area contributed by atoms with Crippen LogP contribution in [0.4, 0.5) is 0 Å². The Hall–Kier alpha value is -1.12. The van der Waals surface area contributed by atoms with Gasteiger partial charge >= 0.3 is 0 Å². The molecule has 108 valence electrons. The highest BCUT2D eigenvalue weighted by molar-refractivity contribution is 5.53. The maximum absolute atomic E-state index is 5.97. The molecule has 0 aliphatic heterocycles. The van der Waals surface area contributed by atoms with Gasteiger partial charge in [-0.25, -0.2) is 0 Å². The quantitative estimate of drug-likeness (QED) is 0.880. The number of hydrogen-bond donors (Lipinski definition) is 2. The van der Waals surface area contributed by atoms with E-state index in [1.54, 1.807) is 0 Å². The molecule has 0 aromatic heterocycles. The SMILES string of the molecule is CC(=Cc1ccccc1)C1CC1NC1CCC(N)CC1. The Morgan fingerprint density at radius 1 is 1.15 bits per heavy atom. The third-order valence-electron chi connectivity index (χ3n) is 4.79. The lowest BCUT2D eigenvalue weighted by atomic mass is 9.92. The molecule has 20 heavy (non-hydrogen) atoms. The second-order valence-electron chi connectivity index (χ2n) is 6.53. The van der Waals surface area contributed by atoms with Crippen LogP contribution in [-0.2, 0) is 0 Å². The van der Waals surface area contributed by atoms with Crippen molar-refractivity contribution >= 4 is 6.08 Å². The van der Waals surface area contributed by atoms with Gasteiger partial charge in [0.15, 0.2) is 0 Å². The Morgan fingerprint density at radius 2 is 1.85 bits per heavy atom. The first-order chi connectivity index (χ1) is 9.72. The second kappa shape index (κ2) is 6.11. The lowest BCUT2D eigenvalue weighted by molar-refractivity contribution is 0.338. The van der Waals surface area contributed by atoms with E-state index < -0.39 is 0 Å². The molecule has 3 N–H and O–H groups in total. The third-order valence-corrected chi connectivity index (χ3v) is 4.79. The van der Waals surface area contributed by atoms with Gasteiger partial charge in [0.25, 0.3) is 0 Å². The van der Waals surface area contributed by atoms with Gasteiger partial charge < -0.3 is 11.1 Å². The number of rotatable bonds is 4. The van der Waals surface area contributed by atoms with E-state index in [-0.39, 0.29) is 0 Å². The smallest absolute Gasteiger partial charge is 0.0142 e. The molecule has 1 aromatic rings. The monoisotopic (exact) mass is 270 g/mol. The summed E-state index contributed by atoms with van der Waals surface area (Å²) in [4.78, 5) is 0. The highest BCUT2D eigenvalue weighted by atomic mass is 15.0. The fourth-order valence-electron chi connectivity index (χ4n) is 3.39. The minimum Gasteiger partial charge on any atom is -0.328 e. The number of benzene rings is 1. The average molecular weight is 270 g/mol. The lowest BCUT2D eigenvalue weighted by Crippen LogP contribution is -2.38.